The molecule has 2 heterocycles. The number of rotatable bonds is 7. The van der Waals surface area contributed by atoms with Crippen LogP contribution in [0.3, 0.4) is 0 Å². The highest BCUT2D eigenvalue weighted by molar-refractivity contribution is 5.92. The maximum Gasteiger partial charge on any atom is 0.387 e. The minimum atomic E-state index is -2.98. The number of nitrogens with one attached hydrogen (secondary N) is 1. The summed E-state index contributed by atoms with van der Waals surface area (Å²) in [5.41, 5.74) is 0.725. The Labute approximate surface area is 147 Å². The van der Waals surface area contributed by atoms with Crippen LogP contribution < -0.4 is 10.1 Å². The molecule has 0 fully saturated rings. The zero-order valence-corrected chi connectivity index (χ0v) is 13.4. The van der Waals surface area contributed by atoms with Crippen LogP contribution in [0.25, 0.3) is 11.5 Å². The normalized spacial score (nSPS) is 10.7. The number of benzene rings is 1. The lowest BCUT2D eigenvalue weighted by Gasteiger charge is -2.11. The monoisotopic (exact) mass is 360 g/mol. The number of carbonyl (C=O) groups is 1. The second-order valence-corrected chi connectivity index (χ2v) is 5.15. The third-order valence-corrected chi connectivity index (χ3v) is 3.31. The van der Waals surface area contributed by atoms with Crippen molar-refractivity contribution in [2.75, 3.05) is 5.32 Å². The number of halogens is 2. The van der Waals surface area contributed by atoms with Crippen LogP contribution in [0.4, 0.5) is 14.5 Å². The largest absolute Gasteiger partial charge is 0.433 e. The SMILES string of the molecule is O=C(CCc1nc(-c2ccccn2)no1)Nc1ccccc1OC(F)F. The highest BCUT2D eigenvalue weighted by Gasteiger charge is 2.14. The number of para-hydroxylation sites is 2. The van der Waals surface area contributed by atoms with E-state index in [0.29, 0.717) is 11.5 Å². The first kappa shape index (κ1) is 17.5. The summed E-state index contributed by atoms with van der Waals surface area (Å²) in [6, 6.07) is 11.3. The van der Waals surface area contributed by atoms with E-state index in [-0.39, 0.29) is 30.2 Å². The Morgan fingerprint density at radius 3 is 2.77 bits per heavy atom. The van der Waals surface area contributed by atoms with Crippen molar-refractivity contribution in [2.45, 2.75) is 19.5 Å². The molecule has 2 aromatic heterocycles. The Balaban J connectivity index is 1.58. The lowest BCUT2D eigenvalue weighted by Crippen LogP contribution is -2.14. The van der Waals surface area contributed by atoms with Gasteiger partial charge in [0.1, 0.15) is 11.4 Å². The summed E-state index contributed by atoms with van der Waals surface area (Å²) < 4.78 is 34.2. The third-order valence-electron chi connectivity index (χ3n) is 3.31. The molecule has 0 saturated carbocycles. The van der Waals surface area contributed by atoms with Crippen LogP contribution in [0.5, 0.6) is 5.75 Å². The molecule has 1 N–H and O–H groups in total. The number of carbonyl (C=O) groups excluding carboxylic acids is 1. The molecule has 0 atom stereocenters. The molecule has 3 aromatic rings. The highest BCUT2D eigenvalue weighted by atomic mass is 19.3. The molecule has 0 aliphatic rings. The number of anilines is 1. The number of amides is 1. The number of alkyl halides is 2. The van der Waals surface area contributed by atoms with Gasteiger partial charge in [-0.05, 0) is 24.3 Å². The van der Waals surface area contributed by atoms with Crippen molar-refractivity contribution in [1.29, 1.82) is 0 Å². The first-order chi connectivity index (χ1) is 12.6. The molecule has 134 valence electrons. The first-order valence-corrected chi connectivity index (χ1v) is 7.69. The van der Waals surface area contributed by atoms with E-state index in [2.05, 4.69) is 25.2 Å². The highest BCUT2D eigenvalue weighted by Crippen LogP contribution is 2.25. The van der Waals surface area contributed by atoms with Crippen molar-refractivity contribution < 1.29 is 22.8 Å². The van der Waals surface area contributed by atoms with Crippen LogP contribution >= 0.6 is 0 Å². The molecule has 0 aliphatic heterocycles. The van der Waals surface area contributed by atoms with Gasteiger partial charge in [-0.25, -0.2) is 0 Å². The second kappa shape index (κ2) is 8.15. The van der Waals surface area contributed by atoms with Crippen molar-refractivity contribution in [3.05, 3.63) is 54.6 Å². The number of hydrogen-bond acceptors (Lipinski definition) is 6. The summed E-state index contributed by atoms with van der Waals surface area (Å²) >= 11 is 0. The van der Waals surface area contributed by atoms with Gasteiger partial charge in [-0.1, -0.05) is 23.4 Å². The van der Waals surface area contributed by atoms with Gasteiger partial charge in [-0.3, -0.25) is 9.78 Å². The predicted octanol–water partition coefficient (Wildman–Crippen LogP) is 3.30. The summed E-state index contributed by atoms with van der Waals surface area (Å²) in [5.74, 6) is 0.105. The quantitative estimate of drug-likeness (QED) is 0.695. The number of hydrogen-bond donors (Lipinski definition) is 1. The molecule has 0 aliphatic carbocycles. The number of pyridine rings is 1. The Morgan fingerprint density at radius 2 is 2.00 bits per heavy atom. The lowest BCUT2D eigenvalue weighted by molar-refractivity contribution is -0.116. The van der Waals surface area contributed by atoms with Crippen LogP contribution in [-0.2, 0) is 11.2 Å². The second-order valence-electron chi connectivity index (χ2n) is 5.15. The minimum Gasteiger partial charge on any atom is -0.433 e. The standard InChI is InChI=1S/C17H14F2N4O3/c18-17(19)25-13-7-2-1-5-11(13)21-14(24)8-9-15-22-16(23-26-15)12-6-3-4-10-20-12/h1-7,10,17H,8-9H2,(H,21,24). The number of nitrogens with zero attached hydrogens (tertiary/aromatic N) is 3. The zero-order valence-electron chi connectivity index (χ0n) is 13.4. The van der Waals surface area contributed by atoms with Gasteiger partial charge in [0.2, 0.25) is 17.6 Å². The maximum atomic E-state index is 12.4. The molecular weight excluding hydrogens is 346 g/mol. The molecule has 0 radical (unpaired) electrons. The molecule has 9 heteroatoms. The summed E-state index contributed by atoms with van der Waals surface area (Å²) in [4.78, 5) is 20.3. The van der Waals surface area contributed by atoms with Crippen LogP contribution in [0.2, 0.25) is 0 Å². The fourth-order valence-corrected chi connectivity index (χ4v) is 2.16. The minimum absolute atomic E-state index is 0.0346. The fourth-order valence-electron chi connectivity index (χ4n) is 2.16. The van der Waals surface area contributed by atoms with Crippen LogP contribution in [0.1, 0.15) is 12.3 Å². The molecule has 0 bridgehead atoms. The molecule has 1 amide bonds. The van der Waals surface area contributed by atoms with Gasteiger partial charge < -0.3 is 14.6 Å². The van der Waals surface area contributed by atoms with Crippen LogP contribution in [0.15, 0.2) is 53.2 Å². The Morgan fingerprint density at radius 1 is 1.19 bits per heavy atom. The summed E-state index contributed by atoms with van der Waals surface area (Å²) in [6.07, 6.45) is 1.84. The van der Waals surface area contributed by atoms with E-state index in [9.17, 15) is 13.6 Å². The number of aromatic nitrogens is 3. The number of aryl methyl sites for hydroxylation is 1. The smallest absolute Gasteiger partial charge is 0.387 e. The zero-order chi connectivity index (χ0) is 18.4. The van der Waals surface area contributed by atoms with E-state index < -0.39 is 12.5 Å². The van der Waals surface area contributed by atoms with Crippen LogP contribution in [-0.4, -0.2) is 27.6 Å². The molecular formula is C17H14F2N4O3. The van der Waals surface area contributed by atoms with E-state index in [1.807, 2.05) is 0 Å². The Kier molecular flexibility index (Phi) is 5.47. The lowest BCUT2D eigenvalue weighted by atomic mass is 10.2. The maximum absolute atomic E-state index is 12.4. The first-order valence-electron chi connectivity index (χ1n) is 7.69. The molecule has 0 spiro atoms. The fraction of sp³-hybridized carbons (Fsp3) is 0.176. The van der Waals surface area contributed by atoms with Gasteiger partial charge in [0.25, 0.3) is 0 Å². The number of ether oxygens (including phenoxy) is 1. The van der Waals surface area contributed by atoms with Gasteiger partial charge in [-0.2, -0.15) is 13.8 Å². The Hall–Kier alpha value is -3.36. The van der Waals surface area contributed by atoms with Gasteiger partial charge in [-0.15, -0.1) is 0 Å². The van der Waals surface area contributed by atoms with Crippen LogP contribution in [0, 0.1) is 0 Å². The molecule has 0 unspecified atom stereocenters. The molecule has 3 rings (SSSR count). The van der Waals surface area contributed by atoms with Gasteiger partial charge in [0, 0.05) is 19.0 Å². The van der Waals surface area contributed by atoms with Crippen molar-refractivity contribution in [3.63, 3.8) is 0 Å². The van der Waals surface area contributed by atoms with Crippen molar-refractivity contribution in [2.24, 2.45) is 0 Å². The average Bonchev–Trinajstić information content (AvgIpc) is 3.11. The molecule has 26 heavy (non-hydrogen) atoms. The third kappa shape index (κ3) is 4.59. The molecule has 7 nitrogen and oxygen atoms in total. The topological polar surface area (TPSA) is 90.1 Å². The molecule has 1 aromatic carbocycles. The molecule has 0 saturated heterocycles. The van der Waals surface area contributed by atoms with E-state index in [1.54, 1.807) is 30.5 Å². The summed E-state index contributed by atoms with van der Waals surface area (Å²) in [7, 11) is 0. The van der Waals surface area contributed by atoms with E-state index in [4.69, 9.17) is 4.52 Å². The van der Waals surface area contributed by atoms with Crippen molar-refractivity contribution >= 4 is 11.6 Å². The van der Waals surface area contributed by atoms with Gasteiger partial charge >= 0.3 is 6.61 Å². The summed E-state index contributed by atoms with van der Waals surface area (Å²) in [5, 5.41) is 6.34. The Bertz CT molecular complexity index is 871. The van der Waals surface area contributed by atoms with Crippen molar-refractivity contribution in [1.82, 2.24) is 15.1 Å². The van der Waals surface area contributed by atoms with E-state index >= 15 is 0 Å². The van der Waals surface area contributed by atoms with Gasteiger partial charge in [0.05, 0.1) is 5.69 Å². The van der Waals surface area contributed by atoms with Crippen molar-refractivity contribution in [3.8, 4) is 17.3 Å². The predicted molar refractivity (Wildman–Crippen MR) is 87.6 cm³/mol. The van der Waals surface area contributed by atoms with E-state index in [0.717, 1.165) is 0 Å². The van der Waals surface area contributed by atoms with Gasteiger partial charge in [0.15, 0.2) is 0 Å². The average molecular weight is 360 g/mol. The van der Waals surface area contributed by atoms with E-state index in [1.165, 1.54) is 18.2 Å². The summed E-state index contributed by atoms with van der Waals surface area (Å²) in [6.45, 7) is -2.98.